The predicted octanol–water partition coefficient (Wildman–Crippen LogP) is 1.35. The molecule has 6 heteroatoms. The summed E-state index contributed by atoms with van der Waals surface area (Å²) in [6.07, 6.45) is 0.844. The van der Waals surface area contributed by atoms with Gasteiger partial charge in [0.05, 0.1) is 7.11 Å². The second kappa shape index (κ2) is 4.13. The lowest BCUT2D eigenvalue weighted by Crippen LogP contribution is -2.29. The Hall–Kier alpha value is -1.27. The van der Waals surface area contributed by atoms with Gasteiger partial charge in [-0.2, -0.15) is 0 Å². The number of nitrogens with two attached hydrogens (primary N) is 1. The van der Waals surface area contributed by atoms with Gasteiger partial charge >= 0.3 is 0 Å². The Balaban J connectivity index is 2.32. The fraction of sp³-hybridized carbons (Fsp3) is 0.500. The van der Waals surface area contributed by atoms with Gasteiger partial charge in [0.1, 0.15) is 10.6 Å². The van der Waals surface area contributed by atoms with Crippen molar-refractivity contribution in [2.75, 3.05) is 12.8 Å². The topological polar surface area (TPSA) is 81.4 Å². The Morgan fingerprint density at radius 2 is 2.06 bits per heavy atom. The number of hydrogen-bond donors (Lipinski definition) is 2. The van der Waals surface area contributed by atoms with E-state index in [0.29, 0.717) is 11.4 Å². The van der Waals surface area contributed by atoms with E-state index < -0.39 is 10.0 Å². The van der Waals surface area contributed by atoms with Crippen molar-refractivity contribution < 1.29 is 13.2 Å². The van der Waals surface area contributed by atoms with Gasteiger partial charge in [-0.05, 0) is 30.0 Å². The second-order valence-electron chi connectivity index (χ2n) is 5.28. The summed E-state index contributed by atoms with van der Waals surface area (Å²) in [6, 6.07) is 4.56. The summed E-state index contributed by atoms with van der Waals surface area (Å²) >= 11 is 0. The van der Waals surface area contributed by atoms with Crippen LogP contribution in [-0.2, 0) is 10.0 Å². The number of nitrogen functional groups attached to an aromatic ring is 1. The number of methoxy groups -OCH3 is 1. The van der Waals surface area contributed by atoms with E-state index in [9.17, 15) is 8.42 Å². The van der Waals surface area contributed by atoms with E-state index in [-0.39, 0.29) is 16.4 Å². The van der Waals surface area contributed by atoms with Crippen LogP contribution in [0.5, 0.6) is 5.75 Å². The largest absolute Gasteiger partial charge is 0.495 e. The first-order valence-electron chi connectivity index (χ1n) is 5.72. The summed E-state index contributed by atoms with van der Waals surface area (Å²) in [4.78, 5) is 0.0905. The highest BCUT2D eigenvalue weighted by Gasteiger charge is 2.48. The van der Waals surface area contributed by atoms with Crippen molar-refractivity contribution in [3.63, 3.8) is 0 Å². The van der Waals surface area contributed by atoms with Gasteiger partial charge in [-0.25, -0.2) is 13.1 Å². The van der Waals surface area contributed by atoms with Crippen LogP contribution in [0.25, 0.3) is 0 Å². The zero-order chi connectivity index (χ0) is 13.6. The molecule has 1 unspecified atom stereocenters. The molecule has 0 saturated heterocycles. The lowest BCUT2D eigenvalue weighted by molar-refractivity contribution is 0.402. The Morgan fingerprint density at radius 3 is 2.56 bits per heavy atom. The molecule has 2 rings (SSSR count). The van der Waals surface area contributed by atoms with Gasteiger partial charge in [-0.15, -0.1) is 0 Å². The minimum Gasteiger partial charge on any atom is -0.495 e. The van der Waals surface area contributed by atoms with E-state index in [4.69, 9.17) is 10.5 Å². The maximum Gasteiger partial charge on any atom is 0.244 e. The van der Waals surface area contributed by atoms with Crippen molar-refractivity contribution in [2.45, 2.75) is 31.2 Å². The van der Waals surface area contributed by atoms with Crippen LogP contribution in [0.15, 0.2) is 23.1 Å². The molecule has 1 aliphatic carbocycles. The number of anilines is 1. The number of sulfonamides is 1. The van der Waals surface area contributed by atoms with E-state index in [2.05, 4.69) is 4.72 Å². The number of benzene rings is 1. The summed E-state index contributed by atoms with van der Waals surface area (Å²) < 4.78 is 32.3. The number of rotatable bonds is 4. The maximum atomic E-state index is 12.3. The molecule has 3 N–H and O–H groups in total. The summed E-state index contributed by atoms with van der Waals surface area (Å²) in [6.45, 7) is 4.05. The third-order valence-corrected chi connectivity index (χ3v) is 4.78. The van der Waals surface area contributed by atoms with Gasteiger partial charge in [-0.1, -0.05) is 13.8 Å². The van der Waals surface area contributed by atoms with Crippen LogP contribution in [-0.4, -0.2) is 21.6 Å². The van der Waals surface area contributed by atoms with Crippen LogP contribution in [0.1, 0.15) is 20.3 Å². The van der Waals surface area contributed by atoms with Crippen molar-refractivity contribution >= 4 is 15.7 Å². The van der Waals surface area contributed by atoms with Gasteiger partial charge in [0.25, 0.3) is 0 Å². The van der Waals surface area contributed by atoms with E-state index in [1.54, 1.807) is 12.1 Å². The Bertz CT molecular complexity index is 567. The van der Waals surface area contributed by atoms with Crippen molar-refractivity contribution in [1.29, 1.82) is 0 Å². The molecular weight excluding hydrogens is 252 g/mol. The highest BCUT2D eigenvalue weighted by molar-refractivity contribution is 7.89. The molecule has 1 saturated carbocycles. The van der Waals surface area contributed by atoms with Crippen LogP contribution < -0.4 is 15.2 Å². The summed E-state index contributed by atoms with van der Waals surface area (Å²) in [5.74, 6) is 0.301. The molecule has 1 aromatic rings. The second-order valence-corrected chi connectivity index (χ2v) is 6.96. The van der Waals surface area contributed by atoms with Crippen molar-refractivity contribution in [2.24, 2.45) is 5.41 Å². The zero-order valence-corrected chi connectivity index (χ0v) is 11.5. The maximum absolute atomic E-state index is 12.3. The minimum absolute atomic E-state index is 0.0198. The first-order valence-corrected chi connectivity index (χ1v) is 7.20. The van der Waals surface area contributed by atoms with Gasteiger partial charge in [0.2, 0.25) is 10.0 Å². The van der Waals surface area contributed by atoms with Crippen LogP contribution >= 0.6 is 0 Å². The van der Waals surface area contributed by atoms with E-state index in [1.165, 1.54) is 13.2 Å². The Morgan fingerprint density at radius 1 is 1.44 bits per heavy atom. The molecule has 0 radical (unpaired) electrons. The molecule has 1 aliphatic rings. The normalized spacial score (nSPS) is 21.6. The molecule has 0 amide bonds. The smallest absolute Gasteiger partial charge is 0.244 e. The standard InChI is InChI=1S/C12H18N2O3S/c1-12(2)7-11(12)14-18(15,16)10-6-8(13)4-5-9(10)17-3/h4-6,11,14H,7,13H2,1-3H3. The minimum atomic E-state index is -3.59. The van der Waals surface area contributed by atoms with Crippen LogP contribution in [0.2, 0.25) is 0 Å². The van der Waals surface area contributed by atoms with Crippen molar-refractivity contribution in [3.8, 4) is 5.75 Å². The van der Waals surface area contributed by atoms with Crippen molar-refractivity contribution in [3.05, 3.63) is 18.2 Å². The molecule has 0 aliphatic heterocycles. The molecule has 1 fully saturated rings. The van der Waals surface area contributed by atoms with E-state index in [1.807, 2.05) is 13.8 Å². The molecule has 0 heterocycles. The number of hydrogen-bond acceptors (Lipinski definition) is 4. The number of ether oxygens (including phenoxy) is 1. The molecule has 0 aromatic heterocycles. The summed E-state index contributed by atoms with van der Waals surface area (Å²) in [7, 11) is -2.15. The molecule has 0 spiro atoms. The molecule has 1 atom stereocenters. The lowest BCUT2D eigenvalue weighted by atomic mass is 10.2. The molecule has 18 heavy (non-hydrogen) atoms. The first kappa shape index (κ1) is 13.2. The monoisotopic (exact) mass is 270 g/mol. The third kappa shape index (κ3) is 2.44. The van der Waals surface area contributed by atoms with Gasteiger partial charge < -0.3 is 10.5 Å². The predicted molar refractivity (Wildman–Crippen MR) is 69.9 cm³/mol. The molecule has 0 bridgehead atoms. The molecular formula is C12H18N2O3S. The Kier molecular flexibility index (Phi) is 3.03. The van der Waals surface area contributed by atoms with Gasteiger partial charge in [-0.3, -0.25) is 0 Å². The number of nitrogens with one attached hydrogen (secondary N) is 1. The average molecular weight is 270 g/mol. The lowest BCUT2D eigenvalue weighted by Gasteiger charge is -2.12. The zero-order valence-electron chi connectivity index (χ0n) is 10.7. The van der Waals surface area contributed by atoms with Crippen LogP contribution in [0.4, 0.5) is 5.69 Å². The van der Waals surface area contributed by atoms with Crippen molar-refractivity contribution in [1.82, 2.24) is 4.72 Å². The van der Waals surface area contributed by atoms with Gasteiger partial charge in [0.15, 0.2) is 0 Å². The van der Waals surface area contributed by atoms with Gasteiger partial charge in [0, 0.05) is 11.7 Å². The fourth-order valence-corrected chi connectivity index (χ4v) is 3.43. The highest BCUT2D eigenvalue weighted by Crippen LogP contribution is 2.45. The molecule has 1 aromatic carbocycles. The SMILES string of the molecule is COc1ccc(N)cc1S(=O)(=O)NC1CC1(C)C. The van der Waals surface area contributed by atoms with E-state index >= 15 is 0 Å². The first-order chi connectivity index (χ1) is 8.26. The Labute approximate surface area is 107 Å². The van der Waals surface area contributed by atoms with Crippen LogP contribution in [0, 0.1) is 5.41 Å². The quantitative estimate of drug-likeness (QED) is 0.809. The molecule has 100 valence electrons. The van der Waals surface area contributed by atoms with Crippen LogP contribution in [0.3, 0.4) is 0 Å². The third-order valence-electron chi connectivity index (χ3n) is 3.29. The molecule has 5 nitrogen and oxygen atoms in total. The summed E-state index contributed by atoms with van der Waals surface area (Å²) in [5, 5.41) is 0. The van der Waals surface area contributed by atoms with E-state index in [0.717, 1.165) is 6.42 Å². The fourth-order valence-electron chi connectivity index (χ4n) is 1.82. The average Bonchev–Trinajstić information content (AvgIpc) is 2.84. The highest BCUT2D eigenvalue weighted by atomic mass is 32.2. The summed E-state index contributed by atoms with van der Waals surface area (Å²) in [5.41, 5.74) is 6.05.